The lowest BCUT2D eigenvalue weighted by Crippen LogP contribution is -2.39. The number of hydrogen-bond acceptors (Lipinski definition) is 4. The number of aromatic amines is 1. The molecule has 3 aromatic rings. The first-order chi connectivity index (χ1) is 16.4. The van der Waals surface area contributed by atoms with E-state index in [0.29, 0.717) is 25.4 Å². The van der Waals surface area contributed by atoms with Crippen LogP contribution in [-0.4, -0.2) is 38.9 Å². The van der Waals surface area contributed by atoms with Crippen molar-refractivity contribution >= 4 is 22.8 Å². The molecule has 0 bridgehead atoms. The molecule has 0 aliphatic heterocycles. The number of nitrogens with one attached hydrogen (secondary N) is 3. The Bertz CT molecular complexity index is 1190. The van der Waals surface area contributed by atoms with Crippen molar-refractivity contribution in [3.8, 4) is 0 Å². The van der Waals surface area contributed by atoms with Gasteiger partial charge >= 0.3 is 0 Å². The Morgan fingerprint density at radius 2 is 1.82 bits per heavy atom. The van der Waals surface area contributed by atoms with Crippen LogP contribution in [-0.2, 0) is 13.0 Å². The van der Waals surface area contributed by atoms with Gasteiger partial charge in [0.05, 0.1) is 11.0 Å². The highest BCUT2D eigenvalue weighted by Crippen LogP contribution is 2.18. The van der Waals surface area contributed by atoms with Gasteiger partial charge in [0.15, 0.2) is 0 Å². The van der Waals surface area contributed by atoms with E-state index in [2.05, 4.69) is 34.4 Å². The molecule has 3 N–H and O–H groups in total. The molecule has 0 unspecified atom stereocenters. The molecule has 8 nitrogen and oxygen atoms in total. The molecule has 1 fully saturated rings. The monoisotopic (exact) mass is 463 g/mol. The molecule has 1 saturated carbocycles. The van der Waals surface area contributed by atoms with Crippen molar-refractivity contribution in [1.29, 1.82) is 0 Å². The molecule has 180 valence electrons. The summed E-state index contributed by atoms with van der Waals surface area (Å²) in [6.07, 6.45) is 8.54. The van der Waals surface area contributed by atoms with Gasteiger partial charge in [-0.15, -0.1) is 0 Å². The quantitative estimate of drug-likeness (QED) is 0.452. The Morgan fingerprint density at radius 1 is 1.12 bits per heavy atom. The number of hydrogen-bond donors (Lipinski definition) is 3. The standard InChI is InChI=1S/C26H33N5O3/c1-17(2)12-14-31-15-19(24(32)20(16-31)26(34)28-18-7-3-4-8-18)25(33)27-13-11-23-29-21-9-5-6-10-22(21)30-23/h5-6,9-10,15-18H,3-4,7-8,11-14H2,1-2H3,(H,27,33)(H,28,34)(H,29,30). The van der Waals surface area contributed by atoms with Gasteiger partial charge in [0, 0.05) is 37.9 Å². The maximum atomic E-state index is 13.1. The number of H-pyrrole nitrogens is 1. The van der Waals surface area contributed by atoms with Gasteiger partial charge in [-0.2, -0.15) is 0 Å². The van der Waals surface area contributed by atoms with Crippen molar-refractivity contribution in [3.05, 3.63) is 63.8 Å². The Kier molecular flexibility index (Phi) is 7.45. The molecule has 2 heterocycles. The summed E-state index contributed by atoms with van der Waals surface area (Å²) in [5, 5.41) is 5.80. The summed E-state index contributed by atoms with van der Waals surface area (Å²) in [6.45, 7) is 5.17. The normalized spacial score (nSPS) is 14.1. The minimum Gasteiger partial charge on any atom is -0.352 e. The van der Waals surface area contributed by atoms with E-state index in [1.165, 1.54) is 0 Å². The maximum Gasteiger partial charge on any atom is 0.256 e. The van der Waals surface area contributed by atoms with Crippen molar-refractivity contribution in [2.24, 2.45) is 5.92 Å². The maximum absolute atomic E-state index is 13.1. The summed E-state index contributed by atoms with van der Waals surface area (Å²) in [7, 11) is 0. The van der Waals surface area contributed by atoms with Crippen LogP contribution in [0.3, 0.4) is 0 Å². The van der Waals surface area contributed by atoms with E-state index in [1.54, 1.807) is 17.0 Å². The van der Waals surface area contributed by atoms with Crippen LogP contribution in [0.15, 0.2) is 41.5 Å². The summed E-state index contributed by atoms with van der Waals surface area (Å²) in [4.78, 5) is 46.7. The molecule has 0 atom stereocenters. The van der Waals surface area contributed by atoms with Gasteiger partial charge in [-0.3, -0.25) is 14.4 Å². The predicted octanol–water partition coefficient (Wildman–Crippen LogP) is 3.42. The number of amides is 2. The number of para-hydroxylation sites is 2. The zero-order valence-electron chi connectivity index (χ0n) is 19.9. The topological polar surface area (TPSA) is 109 Å². The minimum atomic E-state index is -0.530. The molecule has 0 spiro atoms. The molecule has 4 rings (SSSR count). The molecule has 34 heavy (non-hydrogen) atoms. The van der Waals surface area contributed by atoms with Crippen LogP contribution in [0.1, 0.15) is 72.5 Å². The second-order valence-electron chi connectivity index (χ2n) is 9.50. The second-order valence-corrected chi connectivity index (χ2v) is 9.50. The lowest BCUT2D eigenvalue weighted by molar-refractivity contribution is 0.0936. The number of rotatable bonds is 9. The number of aromatic nitrogens is 3. The van der Waals surface area contributed by atoms with E-state index >= 15 is 0 Å². The van der Waals surface area contributed by atoms with Gasteiger partial charge in [-0.1, -0.05) is 38.8 Å². The van der Waals surface area contributed by atoms with Crippen LogP contribution >= 0.6 is 0 Å². The first kappa shape index (κ1) is 23.7. The van der Waals surface area contributed by atoms with E-state index in [1.807, 2.05) is 24.3 Å². The van der Waals surface area contributed by atoms with Crippen LogP contribution in [0.5, 0.6) is 0 Å². The number of carbonyl (C=O) groups is 2. The van der Waals surface area contributed by atoms with Crippen molar-refractivity contribution < 1.29 is 9.59 Å². The van der Waals surface area contributed by atoms with Crippen LogP contribution in [0.25, 0.3) is 11.0 Å². The van der Waals surface area contributed by atoms with Crippen LogP contribution < -0.4 is 16.1 Å². The van der Waals surface area contributed by atoms with Gasteiger partial charge in [-0.05, 0) is 37.3 Å². The summed E-state index contributed by atoms with van der Waals surface area (Å²) < 4.78 is 1.79. The molecular weight excluding hydrogens is 430 g/mol. The average Bonchev–Trinajstić information content (AvgIpc) is 3.47. The predicted molar refractivity (Wildman–Crippen MR) is 132 cm³/mol. The van der Waals surface area contributed by atoms with Crippen molar-refractivity contribution in [2.45, 2.75) is 65.0 Å². The lowest BCUT2D eigenvalue weighted by Gasteiger charge is -2.15. The summed E-state index contributed by atoms with van der Waals surface area (Å²) >= 11 is 0. The molecule has 0 radical (unpaired) electrons. The Morgan fingerprint density at radius 3 is 2.53 bits per heavy atom. The van der Waals surface area contributed by atoms with E-state index in [4.69, 9.17) is 0 Å². The highest BCUT2D eigenvalue weighted by molar-refractivity contribution is 5.99. The van der Waals surface area contributed by atoms with Gasteiger partial charge < -0.3 is 20.2 Å². The van der Waals surface area contributed by atoms with Crippen LogP contribution in [0, 0.1) is 5.92 Å². The number of pyridine rings is 1. The van der Waals surface area contributed by atoms with Crippen LogP contribution in [0.2, 0.25) is 0 Å². The molecule has 2 amide bonds. The minimum absolute atomic E-state index is 0.00701. The fourth-order valence-corrected chi connectivity index (χ4v) is 4.34. The fraction of sp³-hybridized carbons (Fsp3) is 0.462. The van der Waals surface area contributed by atoms with Crippen molar-refractivity contribution in [1.82, 2.24) is 25.2 Å². The first-order valence-electron chi connectivity index (χ1n) is 12.2. The van der Waals surface area contributed by atoms with E-state index in [-0.39, 0.29) is 17.2 Å². The first-order valence-corrected chi connectivity index (χ1v) is 12.2. The zero-order chi connectivity index (χ0) is 24.1. The molecule has 0 saturated heterocycles. The Hall–Kier alpha value is -3.42. The van der Waals surface area contributed by atoms with Crippen molar-refractivity contribution in [2.75, 3.05) is 6.54 Å². The lowest BCUT2D eigenvalue weighted by atomic mass is 10.1. The third-order valence-corrected chi connectivity index (χ3v) is 6.31. The second kappa shape index (κ2) is 10.7. The number of nitrogens with zero attached hydrogens (tertiary/aromatic N) is 2. The summed E-state index contributed by atoms with van der Waals surface area (Å²) in [5.41, 5.74) is 1.31. The number of aryl methyl sites for hydroxylation is 1. The highest BCUT2D eigenvalue weighted by atomic mass is 16.2. The van der Waals surface area contributed by atoms with E-state index in [9.17, 15) is 14.4 Å². The zero-order valence-corrected chi connectivity index (χ0v) is 19.9. The Balaban J connectivity index is 1.49. The number of fused-ring (bicyclic) bond motifs is 1. The number of imidazole rings is 1. The third kappa shape index (κ3) is 5.73. The van der Waals surface area contributed by atoms with Gasteiger partial charge in [-0.25, -0.2) is 4.98 Å². The SMILES string of the molecule is CC(C)CCn1cc(C(=O)NCCc2nc3ccccc3[nH]2)c(=O)c(C(=O)NC2CCCC2)c1. The fourth-order valence-electron chi connectivity index (χ4n) is 4.34. The van der Waals surface area contributed by atoms with Gasteiger partial charge in [0.1, 0.15) is 17.0 Å². The van der Waals surface area contributed by atoms with Crippen molar-refractivity contribution in [3.63, 3.8) is 0 Å². The van der Waals surface area contributed by atoms with Gasteiger partial charge in [0.25, 0.3) is 11.8 Å². The molecule has 8 heteroatoms. The molecule has 1 aliphatic carbocycles. The summed E-state index contributed by atoms with van der Waals surface area (Å²) in [6, 6.07) is 7.83. The number of carbonyl (C=O) groups excluding carboxylic acids is 2. The van der Waals surface area contributed by atoms with E-state index in [0.717, 1.165) is 49.0 Å². The molecule has 2 aromatic heterocycles. The Labute approximate surface area is 199 Å². The molecule has 1 aromatic carbocycles. The third-order valence-electron chi connectivity index (χ3n) is 6.31. The molecule has 1 aliphatic rings. The van der Waals surface area contributed by atoms with E-state index < -0.39 is 17.2 Å². The average molecular weight is 464 g/mol. The number of benzene rings is 1. The van der Waals surface area contributed by atoms with Crippen LogP contribution in [0.4, 0.5) is 0 Å². The highest BCUT2D eigenvalue weighted by Gasteiger charge is 2.23. The molecular formula is C26H33N5O3. The summed E-state index contributed by atoms with van der Waals surface area (Å²) in [5.74, 6) is 0.346. The smallest absolute Gasteiger partial charge is 0.256 e. The van der Waals surface area contributed by atoms with Gasteiger partial charge in [0.2, 0.25) is 5.43 Å². The largest absolute Gasteiger partial charge is 0.352 e.